The normalized spacial score (nSPS) is 13.4. The molecule has 1 heterocycles. The highest BCUT2D eigenvalue weighted by Crippen LogP contribution is 2.26. The third-order valence-electron chi connectivity index (χ3n) is 4.29. The van der Waals surface area contributed by atoms with Crippen molar-refractivity contribution in [3.63, 3.8) is 0 Å². The molecule has 1 N–H and O–H groups in total. The summed E-state index contributed by atoms with van der Waals surface area (Å²) in [4.78, 5) is 1.96. The number of sulfonamides is 1. The molecule has 0 radical (unpaired) electrons. The molecule has 5 nitrogen and oxygen atoms in total. The van der Waals surface area contributed by atoms with Crippen LogP contribution in [0.1, 0.15) is 17.4 Å². The van der Waals surface area contributed by atoms with Crippen LogP contribution in [0.3, 0.4) is 0 Å². The molecule has 2 aromatic carbocycles. The van der Waals surface area contributed by atoms with E-state index in [1.54, 1.807) is 6.92 Å². The Kier molecular flexibility index (Phi) is 5.13. The van der Waals surface area contributed by atoms with Crippen LogP contribution >= 0.6 is 0 Å². The highest BCUT2D eigenvalue weighted by molar-refractivity contribution is 7.89. The van der Waals surface area contributed by atoms with Gasteiger partial charge in [-0.3, -0.25) is 4.90 Å². The molecule has 0 aliphatic rings. The van der Waals surface area contributed by atoms with Crippen molar-refractivity contribution in [2.75, 3.05) is 20.6 Å². The summed E-state index contributed by atoms with van der Waals surface area (Å²) in [6, 6.07) is 12.9. The maximum absolute atomic E-state index is 13.2. The summed E-state index contributed by atoms with van der Waals surface area (Å²) in [5.74, 6) is 0.213. The first-order valence-electron chi connectivity index (χ1n) is 8.18. The van der Waals surface area contributed by atoms with Gasteiger partial charge in [-0.2, -0.15) is 0 Å². The fourth-order valence-electron chi connectivity index (χ4n) is 2.88. The molecule has 7 heteroatoms. The van der Waals surface area contributed by atoms with E-state index in [2.05, 4.69) is 4.72 Å². The molecule has 1 aromatic heterocycles. The van der Waals surface area contributed by atoms with Crippen LogP contribution in [0.2, 0.25) is 0 Å². The third kappa shape index (κ3) is 3.80. The molecule has 0 saturated carbocycles. The quantitative estimate of drug-likeness (QED) is 0.716. The molecule has 26 heavy (non-hydrogen) atoms. The van der Waals surface area contributed by atoms with Gasteiger partial charge in [-0.1, -0.05) is 18.2 Å². The van der Waals surface area contributed by atoms with Crippen molar-refractivity contribution < 1.29 is 17.2 Å². The molecule has 0 aliphatic heterocycles. The zero-order valence-corrected chi connectivity index (χ0v) is 15.7. The third-order valence-corrected chi connectivity index (χ3v) is 5.87. The van der Waals surface area contributed by atoms with Gasteiger partial charge in [0.05, 0.1) is 10.9 Å². The van der Waals surface area contributed by atoms with Crippen LogP contribution in [-0.4, -0.2) is 34.0 Å². The molecule has 0 unspecified atom stereocenters. The van der Waals surface area contributed by atoms with Crippen LogP contribution in [0.25, 0.3) is 11.0 Å². The molecule has 0 fully saturated rings. The summed E-state index contributed by atoms with van der Waals surface area (Å²) in [7, 11) is -0.0465. The highest BCUT2D eigenvalue weighted by atomic mass is 32.2. The second-order valence-corrected chi connectivity index (χ2v) is 8.16. The molecule has 138 valence electrons. The highest BCUT2D eigenvalue weighted by Gasteiger charge is 2.23. The van der Waals surface area contributed by atoms with E-state index >= 15 is 0 Å². The molecule has 0 aliphatic carbocycles. The van der Waals surface area contributed by atoms with Crippen molar-refractivity contribution >= 4 is 21.0 Å². The number of halogens is 1. The number of hydrogen-bond acceptors (Lipinski definition) is 4. The lowest BCUT2D eigenvalue weighted by Crippen LogP contribution is -2.34. The van der Waals surface area contributed by atoms with Gasteiger partial charge in [-0.05, 0) is 56.9 Å². The second-order valence-electron chi connectivity index (χ2n) is 6.43. The van der Waals surface area contributed by atoms with Crippen molar-refractivity contribution in [3.8, 4) is 0 Å². The lowest BCUT2D eigenvalue weighted by molar-refractivity contribution is 0.264. The molecular weight excluding hydrogens is 355 g/mol. The average molecular weight is 376 g/mol. The monoisotopic (exact) mass is 376 g/mol. The predicted molar refractivity (Wildman–Crippen MR) is 99.0 cm³/mol. The first-order valence-corrected chi connectivity index (χ1v) is 9.67. The van der Waals surface area contributed by atoms with Gasteiger partial charge in [-0.15, -0.1) is 0 Å². The SMILES string of the molecule is Cc1cc(F)ccc1S(=O)(=O)NC[C@@H](c1cc2ccccc2o1)N(C)C. The van der Waals surface area contributed by atoms with Crippen LogP contribution in [0.15, 0.2) is 57.8 Å². The van der Waals surface area contributed by atoms with Crippen LogP contribution in [0, 0.1) is 12.7 Å². The molecule has 0 bridgehead atoms. The van der Waals surface area contributed by atoms with Crippen LogP contribution in [-0.2, 0) is 10.0 Å². The zero-order valence-electron chi connectivity index (χ0n) is 14.9. The second kappa shape index (κ2) is 7.19. The summed E-state index contributed by atoms with van der Waals surface area (Å²) in [5.41, 5.74) is 1.12. The van der Waals surface area contributed by atoms with Crippen molar-refractivity contribution in [2.45, 2.75) is 17.9 Å². The first kappa shape index (κ1) is 18.6. The maximum Gasteiger partial charge on any atom is 0.240 e. The fourth-order valence-corrected chi connectivity index (χ4v) is 4.15. The lowest BCUT2D eigenvalue weighted by Gasteiger charge is -2.22. The van der Waals surface area contributed by atoms with Crippen LogP contribution in [0.4, 0.5) is 4.39 Å². The summed E-state index contributed by atoms with van der Waals surface area (Å²) in [6.07, 6.45) is 0. The number of nitrogens with zero attached hydrogens (tertiary/aromatic N) is 1. The van der Waals surface area contributed by atoms with E-state index in [1.165, 1.54) is 12.1 Å². The van der Waals surface area contributed by atoms with Gasteiger partial charge >= 0.3 is 0 Å². The van der Waals surface area contributed by atoms with Crippen molar-refractivity contribution in [3.05, 3.63) is 65.7 Å². The number of fused-ring (bicyclic) bond motifs is 1. The number of para-hydroxylation sites is 1. The molecule has 1 atom stereocenters. The standard InChI is InChI=1S/C19H21FN2O3S/c1-13-10-15(20)8-9-19(13)26(23,24)21-12-16(22(2)3)18-11-14-6-4-5-7-17(14)25-18/h4-11,16,21H,12H2,1-3H3/t16-/m0/s1. The smallest absolute Gasteiger partial charge is 0.240 e. The topological polar surface area (TPSA) is 62.6 Å². The van der Waals surface area contributed by atoms with E-state index in [1.807, 2.05) is 49.3 Å². The Morgan fingerprint density at radius 3 is 2.54 bits per heavy atom. The Morgan fingerprint density at radius 2 is 1.88 bits per heavy atom. The molecule has 3 rings (SSSR count). The first-order chi connectivity index (χ1) is 12.3. The molecule has 0 saturated heterocycles. The summed E-state index contributed by atoms with van der Waals surface area (Å²) >= 11 is 0. The Morgan fingerprint density at radius 1 is 1.15 bits per heavy atom. The predicted octanol–water partition coefficient (Wildman–Crippen LogP) is 3.46. The number of likely N-dealkylation sites (N-methyl/N-ethyl adjacent to an activating group) is 1. The molecule has 3 aromatic rings. The van der Waals surface area contributed by atoms with E-state index in [0.717, 1.165) is 17.0 Å². The van der Waals surface area contributed by atoms with Crippen molar-refractivity contribution in [2.24, 2.45) is 0 Å². The van der Waals surface area contributed by atoms with E-state index in [9.17, 15) is 12.8 Å². The summed E-state index contributed by atoms with van der Waals surface area (Å²) in [6.45, 7) is 1.70. The van der Waals surface area contributed by atoms with E-state index in [0.29, 0.717) is 11.3 Å². The fraction of sp³-hybridized carbons (Fsp3) is 0.263. The van der Waals surface area contributed by atoms with Gasteiger partial charge in [-0.25, -0.2) is 17.5 Å². The number of hydrogen-bond donors (Lipinski definition) is 1. The van der Waals surface area contributed by atoms with Gasteiger partial charge < -0.3 is 4.42 Å². The number of rotatable bonds is 6. The van der Waals surface area contributed by atoms with Gasteiger partial charge in [0.25, 0.3) is 0 Å². The van der Waals surface area contributed by atoms with E-state index in [4.69, 9.17) is 4.42 Å². The Labute approximate surface area is 152 Å². The molecular formula is C19H21FN2O3S. The Balaban J connectivity index is 1.84. The lowest BCUT2D eigenvalue weighted by atomic mass is 10.2. The Hall–Kier alpha value is -2.22. The van der Waals surface area contributed by atoms with Gasteiger partial charge in [0.1, 0.15) is 17.2 Å². The summed E-state index contributed by atoms with van der Waals surface area (Å²) in [5, 5.41) is 0.964. The number of furan rings is 1. The number of nitrogens with one attached hydrogen (secondary N) is 1. The minimum absolute atomic E-state index is 0.0704. The van der Waals surface area contributed by atoms with Crippen LogP contribution < -0.4 is 4.72 Å². The van der Waals surface area contributed by atoms with E-state index in [-0.39, 0.29) is 17.5 Å². The largest absolute Gasteiger partial charge is 0.459 e. The molecule has 0 spiro atoms. The minimum Gasteiger partial charge on any atom is -0.459 e. The van der Waals surface area contributed by atoms with E-state index < -0.39 is 15.8 Å². The zero-order chi connectivity index (χ0) is 18.9. The number of benzene rings is 2. The number of aryl methyl sites for hydroxylation is 1. The average Bonchev–Trinajstić information content (AvgIpc) is 2.97. The Bertz CT molecular complexity index is 995. The van der Waals surface area contributed by atoms with Gasteiger partial charge in [0, 0.05) is 11.9 Å². The van der Waals surface area contributed by atoms with Gasteiger partial charge in [0.15, 0.2) is 0 Å². The minimum atomic E-state index is -3.76. The maximum atomic E-state index is 13.2. The summed E-state index contributed by atoms with van der Waals surface area (Å²) < 4.78 is 47.0. The van der Waals surface area contributed by atoms with Crippen LogP contribution in [0.5, 0.6) is 0 Å². The van der Waals surface area contributed by atoms with Crippen molar-refractivity contribution in [1.82, 2.24) is 9.62 Å². The van der Waals surface area contributed by atoms with Crippen molar-refractivity contribution in [1.29, 1.82) is 0 Å². The molecule has 0 amide bonds. The van der Waals surface area contributed by atoms with Gasteiger partial charge in [0.2, 0.25) is 10.0 Å².